The number of ether oxygens (including phenoxy) is 1. The van der Waals surface area contributed by atoms with Crippen molar-refractivity contribution in [2.24, 2.45) is 5.92 Å². The number of amides is 1. The molecule has 5 nitrogen and oxygen atoms in total. The molecule has 1 fully saturated rings. The van der Waals surface area contributed by atoms with Gasteiger partial charge in [-0.15, -0.1) is 0 Å². The monoisotopic (exact) mass is 327 g/mol. The van der Waals surface area contributed by atoms with Gasteiger partial charge in [0.25, 0.3) is 0 Å². The molecule has 126 valence electrons. The Bertz CT molecular complexity index is 717. The van der Waals surface area contributed by atoms with E-state index in [1.54, 1.807) is 6.92 Å². The van der Waals surface area contributed by atoms with E-state index < -0.39 is 18.0 Å². The van der Waals surface area contributed by atoms with E-state index in [9.17, 15) is 14.7 Å². The van der Waals surface area contributed by atoms with E-state index in [2.05, 4.69) is 6.58 Å². The molecule has 1 aromatic rings. The third kappa shape index (κ3) is 2.55. The fourth-order valence-electron chi connectivity index (χ4n) is 3.47. The predicted octanol–water partition coefficient (Wildman–Crippen LogP) is 2.05. The number of rotatable bonds is 5. The second kappa shape index (κ2) is 6.24. The summed E-state index contributed by atoms with van der Waals surface area (Å²) < 4.78 is 5.18. The number of hydrogen-bond donors (Lipinski definition) is 1. The van der Waals surface area contributed by atoms with Gasteiger partial charge in [0.1, 0.15) is 12.3 Å². The molecule has 2 aliphatic rings. The van der Waals surface area contributed by atoms with E-state index >= 15 is 0 Å². The van der Waals surface area contributed by atoms with Gasteiger partial charge >= 0.3 is 5.97 Å². The van der Waals surface area contributed by atoms with Crippen molar-refractivity contribution in [3.63, 3.8) is 0 Å². The number of aryl methyl sites for hydroxylation is 1. The van der Waals surface area contributed by atoms with Crippen LogP contribution in [0.25, 0.3) is 5.57 Å². The minimum atomic E-state index is -0.735. The maximum absolute atomic E-state index is 12.5. The average Bonchev–Trinajstić information content (AvgIpc) is 2.88. The molecule has 1 N–H and O–H groups in total. The minimum Gasteiger partial charge on any atom is -0.457 e. The maximum Gasteiger partial charge on any atom is 0.355 e. The van der Waals surface area contributed by atoms with E-state index in [4.69, 9.17) is 4.74 Å². The number of β-lactam (4-membered cyclic amide) rings is 1. The number of benzene rings is 1. The summed E-state index contributed by atoms with van der Waals surface area (Å²) in [6.07, 6.45) is 1.30. The molecule has 3 rings (SSSR count). The zero-order valence-electron chi connectivity index (χ0n) is 13.9. The van der Waals surface area contributed by atoms with Crippen LogP contribution in [0.3, 0.4) is 0 Å². The van der Waals surface area contributed by atoms with Gasteiger partial charge in [0.2, 0.25) is 5.91 Å². The molecule has 0 radical (unpaired) electrons. The Labute approximate surface area is 141 Å². The molecule has 5 heteroatoms. The summed E-state index contributed by atoms with van der Waals surface area (Å²) in [6.45, 7) is 7.23. The third-order valence-corrected chi connectivity index (χ3v) is 4.65. The lowest BCUT2D eigenvalue weighted by Gasteiger charge is -2.44. The van der Waals surface area contributed by atoms with E-state index in [1.165, 1.54) is 11.0 Å². The van der Waals surface area contributed by atoms with Crippen LogP contribution in [-0.2, 0) is 14.3 Å². The summed E-state index contributed by atoms with van der Waals surface area (Å²) in [7, 11) is 0. The van der Waals surface area contributed by atoms with Gasteiger partial charge in [-0.25, -0.2) is 4.79 Å². The van der Waals surface area contributed by atoms with Crippen LogP contribution >= 0.6 is 0 Å². The van der Waals surface area contributed by atoms with Crippen molar-refractivity contribution in [3.8, 4) is 0 Å². The number of hydrogen-bond acceptors (Lipinski definition) is 4. The lowest BCUT2D eigenvalue weighted by atomic mass is 9.82. The summed E-state index contributed by atoms with van der Waals surface area (Å²) >= 11 is 0. The van der Waals surface area contributed by atoms with Crippen molar-refractivity contribution in [1.82, 2.24) is 4.90 Å². The number of carbonyl (C=O) groups is 2. The van der Waals surface area contributed by atoms with E-state index in [1.807, 2.05) is 31.2 Å². The first-order chi connectivity index (χ1) is 11.5. The number of esters is 1. The largest absolute Gasteiger partial charge is 0.457 e. The number of aliphatic hydroxyl groups excluding tert-OH is 1. The van der Waals surface area contributed by atoms with Gasteiger partial charge in [-0.3, -0.25) is 4.79 Å². The molecule has 1 saturated heterocycles. The molecule has 0 saturated carbocycles. The van der Waals surface area contributed by atoms with Crippen LogP contribution in [0.15, 0.2) is 42.6 Å². The Morgan fingerprint density at radius 1 is 1.46 bits per heavy atom. The molecule has 24 heavy (non-hydrogen) atoms. The molecule has 2 aliphatic heterocycles. The zero-order chi connectivity index (χ0) is 17.4. The lowest BCUT2D eigenvalue weighted by Crippen LogP contribution is -2.61. The number of nitrogens with zero attached hydrogens (tertiary/aromatic N) is 1. The summed E-state index contributed by atoms with van der Waals surface area (Å²) in [6, 6.07) is 7.65. The first-order valence-corrected chi connectivity index (χ1v) is 8.05. The summed E-state index contributed by atoms with van der Waals surface area (Å²) in [5.41, 5.74) is 3.12. The summed E-state index contributed by atoms with van der Waals surface area (Å²) in [4.78, 5) is 26.4. The molecule has 2 heterocycles. The van der Waals surface area contributed by atoms with Gasteiger partial charge in [0.05, 0.1) is 18.1 Å². The molecule has 0 bridgehead atoms. The van der Waals surface area contributed by atoms with Crippen molar-refractivity contribution in [1.29, 1.82) is 0 Å². The summed E-state index contributed by atoms with van der Waals surface area (Å²) in [5.74, 6) is -1.21. The molecule has 1 aromatic carbocycles. The Kier molecular flexibility index (Phi) is 4.28. The number of carbonyl (C=O) groups excluding carboxylic acids is 2. The highest BCUT2D eigenvalue weighted by molar-refractivity contribution is 6.06. The third-order valence-electron chi connectivity index (χ3n) is 4.65. The Balaban J connectivity index is 1.99. The smallest absolute Gasteiger partial charge is 0.355 e. The Morgan fingerprint density at radius 2 is 2.12 bits per heavy atom. The second-order valence-electron chi connectivity index (χ2n) is 6.33. The molecular formula is C19H21NO4. The van der Waals surface area contributed by atoms with Crippen molar-refractivity contribution in [2.45, 2.75) is 32.4 Å². The molecule has 0 unspecified atom stereocenters. The average molecular weight is 327 g/mol. The highest BCUT2D eigenvalue weighted by atomic mass is 16.5. The van der Waals surface area contributed by atoms with Crippen LogP contribution in [0, 0.1) is 12.8 Å². The quantitative estimate of drug-likeness (QED) is 0.511. The van der Waals surface area contributed by atoms with Crippen LogP contribution in [-0.4, -0.2) is 40.6 Å². The van der Waals surface area contributed by atoms with E-state index in [0.29, 0.717) is 12.1 Å². The van der Waals surface area contributed by atoms with Crippen molar-refractivity contribution >= 4 is 17.4 Å². The predicted molar refractivity (Wildman–Crippen MR) is 89.7 cm³/mol. The normalized spacial score (nSPS) is 23.6. The van der Waals surface area contributed by atoms with Crippen LogP contribution in [0.4, 0.5) is 0 Å². The van der Waals surface area contributed by atoms with Crippen LogP contribution in [0.1, 0.15) is 24.5 Å². The molecule has 0 spiro atoms. The molecular weight excluding hydrogens is 306 g/mol. The Morgan fingerprint density at radius 3 is 2.71 bits per heavy atom. The van der Waals surface area contributed by atoms with Gasteiger partial charge in [-0.2, -0.15) is 0 Å². The van der Waals surface area contributed by atoms with Gasteiger partial charge in [-0.1, -0.05) is 42.5 Å². The molecule has 3 atom stereocenters. The zero-order valence-corrected chi connectivity index (χ0v) is 13.9. The SMILES string of the molecule is C=CCOC(=O)C1=C(c2ccc(C)cc2)C[C@@H]2[C@@H]([C@@H](C)O)C(=O)N12. The molecule has 0 aromatic heterocycles. The fraction of sp³-hybridized carbons (Fsp3) is 0.368. The minimum absolute atomic E-state index is 0.0933. The topological polar surface area (TPSA) is 66.8 Å². The van der Waals surface area contributed by atoms with Gasteiger partial charge in [0.15, 0.2) is 0 Å². The molecule has 0 aliphatic carbocycles. The molecule has 1 amide bonds. The van der Waals surface area contributed by atoms with Crippen LogP contribution < -0.4 is 0 Å². The van der Waals surface area contributed by atoms with Crippen LogP contribution in [0.2, 0.25) is 0 Å². The second-order valence-corrected chi connectivity index (χ2v) is 6.33. The summed E-state index contributed by atoms with van der Waals surface area (Å²) in [5, 5.41) is 9.85. The number of fused-ring (bicyclic) bond motifs is 1. The lowest BCUT2D eigenvalue weighted by molar-refractivity contribution is -0.162. The number of aliphatic hydroxyl groups is 1. The maximum atomic E-state index is 12.5. The van der Waals surface area contributed by atoms with Gasteiger partial charge in [0, 0.05) is 0 Å². The highest BCUT2D eigenvalue weighted by Gasteiger charge is 2.56. The van der Waals surface area contributed by atoms with Crippen molar-refractivity contribution < 1.29 is 19.4 Å². The van der Waals surface area contributed by atoms with Gasteiger partial charge < -0.3 is 14.7 Å². The van der Waals surface area contributed by atoms with E-state index in [0.717, 1.165) is 16.7 Å². The standard InChI is InChI=1S/C19H21NO4/c1-4-9-24-19(23)17-14(13-7-5-11(2)6-8-13)10-15-16(12(3)21)18(22)20(15)17/h4-8,12,15-16,21H,1,9-10H2,2-3H3/t12-,15-,16-/m1/s1. The first kappa shape index (κ1) is 16.5. The van der Waals surface area contributed by atoms with Crippen LogP contribution in [0.5, 0.6) is 0 Å². The van der Waals surface area contributed by atoms with E-state index in [-0.39, 0.29) is 18.6 Å². The van der Waals surface area contributed by atoms with Gasteiger partial charge in [-0.05, 0) is 31.4 Å². The van der Waals surface area contributed by atoms with Crippen molar-refractivity contribution in [2.75, 3.05) is 6.61 Å². The first-order valence-electron chi connectivity index (χ1n) is 8.05. The Hall–Kier alpha value is -2.40. The fourth-order valence-corrected chi connectivity index (χ4v) is 3.47. The highest BCUT2D eigenvalue weighted by Crippen LogP contribution is 2.47. The van der Waals surface area contributed by atoms with Crippen molar-refractivity contribution in [3.05, 3.63) is 53.7 Å².